The second kappa shape index (κ2) is 5.28. The van der Waals surface area contributed by atoms with Crippen LogP contribution in [-0.4, -0.2) is 54.4 Å². The second-order valence-electron chi connectivity index (χ2n) is 6.79. The van der Waals surface area contributed by atoms with Crippen molar-refractivity contribution in [1.82, 2.24) is 4.90 Å². The van der Waals surface area contributed by atoms with Crippen LogP contribution in [0.1, 0.15) is 41.0 Å². The van der Waals surface area contributed by atoms with E-state index in [1.807, 2.05) is 39.5 Å². The van der Waals surface area contributed by atoms with Crippen molar-refractivity contribution in [3.63, 3.8) is 0 Å². The van der Waals surface area contributed by atoms with Gasteiger partial charge in [-0.1, -0.05) is 13.8 Å². The molecule has 0 bridgehead atoms. The first-order chi connectivity index (χ1) is 9.24. The van der Waals surface area contributed by atoms with Crippen molar-refractivity contribution in [1.29, 1.82) is 0 Å². The molecular weight excluding hydrogens is 256 g/mol. The van der Waals surface area contributed by atoms with Crippen LogP contribution in [0.25, 0.3) is 0 Å². The number of hydrogen-bond donors (Lipinski definition) is 1. The zero-order valence-corrected chi connectivity index (χ0v) is 13.3. The fourth-order valence-corrected chi connectivity index (χ4v) is 3.24. The minimum atomic E-state index is -0.821. The molecule has 1 saturated carbocycles. The van der Waals surface area contributed by atoms with Gasteiger partial charge in [0.05, 0.1) is 24.9 Å². The summed E-state index contributed by atoms with van der Waals surface area (Å²) in [5.74, 6) is 0.0427. The third-order valence-electron chi connectivity index (χ3n) is 5.08. The Kier molecular flexibility index (Phi) is 4.15. The first-order valence-corrected chi connectivity index (χ1v) is 7.57. The van der Waals surface area contributed by atoms with Crippen molar-refractivity contribution in [2.24, 2.45) is 11.1 Å². The van der Waals surface area contributed by atoms with Crippen molar-refractivity contribution in [2.45, 2.75) is 64.8 Å². The Morgan fingerprint density at radius 2 is 2.10 bits per heavy atom. The molecule has 2 rings (SSSR count). The Bertz CT molecular complexity index is 385. The van der Waals surface area contributed by atoms with Gasteiger partial charge in [0.2, 0.25) is 5.91 Å². The smallest absolute Gasteiger partial charge is 0.243 e. The topological polar surface area (TPSA) is 64.8 Å². The van der Waals surface area contributed by atoms with Gasteiger partial charge in [-0.3, -0.25) is 4.79 Å². The van der Waals surface area contributed by atoms with Crippen molar-refractivity contribution in [3.05, 3.63) is 0 Å². The maximum Gasteiger partial charge on any atom is 0.243 e. The summed E-state index contributed by atoms with van der Waals surface area (Å²) < 4.78 is 11.3. The minimum absolute atomic E-state index is 0.0427. The van der Waals surface area contributed by atoms with E-state index in [1.165, 1.54) is 0 Å². The van der Waals surface area contributed by atoms with Gasteiger partial charge in [-0.25, -0.2) is 0 Å². The number of hydrogen-bond acceptors (Lipinski definition) is 4. The molecule has 2 N–H and O–H groups in total. The number of nitrogens with two attached hydrogens (primary N) is 1. The second-order valence-corrected chi connectivity index (χ2v) is 6.79. The summed E-state index contributed by atoms with van der Waals surface area (Å²) in [7, 11) is 0. The molecule has 5 heteroatoms. The fourth-order valence-electron chi connectivity index (χ4n) is 3.24. The standard InChI is InChI=1S/C15H28N2O3/c1-6-19-12-7-15(16,14(12,4)5)13(18)17-8-11(3)20-9-10(17)2/h10-12H,6-9,16H2,1-5H3. The summed E-state index contributed by atoms with van der Waals surface area (Å²) in [5.41, 5.74) is 5.32. The normalized spacial score (nSPS) is 40.3. The molecule has 2 fully saturated rings. The molecule has 1 saturated heterocycles. The molecule has 2 aliphatic rings. The molecule has 1 aliphatic carbocycles. The van der Waals surface area contributed by atoms with Crippen LogP contribution in [-0.2, 0) is 14.3 Å². The Labute approximate surface area is 121 Å². The minimum Gasteiger partial charge on any atom is -0.378 e. The van der Waals surface area contributed by atoms with Gasteiger partial charge in [-0.2, -0.15) is 0 Å². The van der Waals surface area contributed by atoms with Gasteiger partial charge in [-0.15, -0.1) is 0 Å². The van der Waals surface area contributed by atoms with Crippen LogP contribution in [0.5, 0.6) is 0 Å². The van der Waals surface area contributed by atoms with Crippen LogP contribution in [0.4, 0.5) is 0 Å². The number of carbonyl (C=O) groups excluding carboxylic acids is 1. The quantitative estimate of drug-likeness (QED) is 0.844. The van der Waals surface area contributed by atoms with Gasteiger partial charge in [0.15, 0.2) is 0 Å². The highest BCUT2D eigenvalue weighted by Gasteiger charge is 2.64. The average Bonchev–Trinajstić information content (AvgIpc) is 2.40. The molecule has 0 radical (unpaired) electrons. The predicted octanol–water partition coefficient (Wildman–Crippen LogP) is 1.15. The SMILES string of the molecule is CCOC1CC(N)(C(=O)N2CC(C)OCC2C)C1(C)C. The van der Waals surface area contributed by atoms with Crippen LogP contribution >= 0.6 is 0 Å². The highest BCUT2D eigenvalue weighted by atomic mass is 16.5. The van der Waals surface area contributed by atoms with Crippen LogP contribution in [0.15, 0.2) is 0 Å². The lowest BCUT2D eigenvalue weighted by Crippen LogP contribution is -2.77. The van der Waals surface area contributed by atoms with Crippen LogP contribution < -0.4 is 5.73 Å². The van der Waals surface area contributed by atoms with Crippen molar-refractivity contribution >= 4 is 5.91 Å². The molecule has 20 heavy (non-hydrogen) atoms. The monoisotopic (exact) mass is 284 g/mol. The first-order valence-electron chi connectivity index (χ1n) is 7.57. The molecule has 1 heterocycles. The number of carbonyl (C=O) groups is 1. The van der Waals surface area contributed by atoms with E-state index in [0.717, 1.165) is 0 Å². The maximum absolute atomic E-state index is 12.9. The number of amides is 1. The van der Waals surface area contributed by atoms with Crippen molar-refractivity contribution in [2.75, 3.05) is 19.8 Å². The van der Waals surface area contributed by atoms with E-state index in [4.69, 9.17) is 15.2 Å². The van der Waals surface area contributed by atoms with Gasteiger partial charge >= 0.3 is 0 Å². The van der Waals surface area contributed by atoms with E-state index in [1.54, 1.807) is 0 Å². The fraction of sp³-hybridized carbons (Fsp3) is 0.933. The summed E-state index contributed by atoms with van der Waals surface area (Å²) in [6, 6.07) is 0.0843. The van der Waals surface area contributed by atoms with Gasteiger partial charge < -0.3 is 20.1 Å². The maximum atomic E-state index is 12.9. The van der Waals surface area contributed by atoms with E-state index in [2.05, 4.69) is 0 Å². The van der Waals surface area contributed by atoms with E-state index in [-0.39, 0.29) is 29.6 Å². The molecule has 0 aromatic heterocycles. The molecule has 116 valence electrons. The summed E-state index contributed by atoms with van der Waals surface area (Å²) in [5, 5.41) is 0. The number of morpholine rings is 1. The van der Waals surface area contributed by atoms with E-state index < -0.39 is 5.54 Å². The molecule has 1 amide bonds. The van der Waals surface area contributed by atoms with Crippen LogP contribution in [0, 0.1) is 5.41 Å². The molecule has 5 nitrogen and oxygen atoms in total. The van der Waals surface area contributed by atoms with Gasteiger partial charge in [0, 0.05) is 25.0 Å². The number of nitrogens with zero attached hydrogens (tertiary/aromatic N) is 1. The van der Waals surface area contributed by atoms with E-state index in [9.17, 15) is 4.79 Å². The lowest BCUT2D eigenvalue weighted by Gasteiger charge is -2.59. The van der Waals surface area contributed by atoms with Gasteiger partial charge in [-0.05, 0) is 20.8 Å². The third kappa shape index (κ3) is 2.26. The van der Waals surface area contributed by atoms with Gasteiger partial charge in [0.25, 0.3) is 0 Å². The van der Waals surface area contributed by atoms with Crippen molar-refractivity contribution in [3.8, 4) is 0 Å². The highest BCUT2D eigenvalue weighted by Crippen LogP contribution is 2.50. The van der Waals surface area contributed by atoms with Gasteiger partial charge in [0.1, 0.15) is 5.54 Å². The lowest BCUT2D eigenvalue weighted by molar-refractivity contribution is -0.186. The molecule has 4 atom stereocenters. The Morgan fingerprint density at radius 3 is 2.65 bits per heavy atom. The number of rotatable bonds is 3. The largest absolute Gasteiger partial charge is 0.378 e. The van der Waals surface area contributed by atoms with Crippen LogP contribution in [0.3, 0.4) is 0 Å². The average molecular weight is 284 g/mol. The number of ether oxygens (including phenoxy) is 2. The predicted molar refractivity (Wildman–Crippen MR) is 77.3 cm³/mol. The summed E-state index contributed by atoms with van der Waals surface area (Å²) in [6.45, 7) is 11.9. The Balaban J connectivity index is 2.12. The van der Waals surface area contributed by atoms with Crippen molar-refractivity contribution < 1.29 is 14.3 Å². The molecule has 0 aromatic carbocycles. The van der Waals surface area contributed by atoms with E-state index in [0.29, 0.717) is 26.2 Å². The van der Waals surface area contributed by atoms with E-state index >= 15 is 0 Å². The molecule has 1 aliphatic heterocycles. The summed E-state index contributed by atoms with van der Waals surface area (Å²) in [4.78, 5) is 14.8. The summed E-state index contributed by atoms with van der Waals surface area (Å²) in [6.07, 6.45) is 0.741. The summed E-state index contributed by atoms with van der Waals surface area (Å²) >= 11 is 0. The molecule has 0 spiro atoms. The lowest BCUT2D eigenvalue weighted by atomic mass is 9.54. The van der Waals surface area contributed by atoms with Crippen LogP contribution in [0.2, 0.25) is 0 Å². The molecule has 4 unspecified atom stereocenters. The third-order valence-corrected chi connectivity index (χ3v) is 5.08. The zero-order chi connectivity index (χ0) is 15.1. The first kappa shape index (κ1) is 15.7. The Hall–Kier alpha value is -0.650. The molecule has 0 aromatic rings. The zero-order valence-electron chi connectivity index (χ0n) is 13.3. The highest BCUT2D eigenvalue weighted by molar-refractivity contribution is 5.89. The molecular formula is C15H28N2O3. The Morgan fingerprint density at radius 1 is 1.45 bits per heavy atom.